The molecule has 0 aliphatic rings. The molecule has 0 aliphatic heterocycles. The van der Waals surface area contributed by atoms with E-state index >= 15 is 0 Å². The molecule has 0 saturated heterocycles. The fourth-order valence-corrected chi connectivity index (χ4v) is 2.76. The molecule has 106 valence electrons. The monoisotopic (exact) mass is 337 g/mol. The fourth-order valence-electron chi connectivity index (χ4n) is 1.93. The van der Waals surface area contributed by atoms with Crippen molar-refractivity contribution in [1.82, 2.24) is 9.97 Å². The zero-order valence-corrected chi connectivity index (χ0v) is 13.5. The molecule has 1 heterocycles. The molecule has 0 bridgehead atoms. The first-order valence-corrected chi connectivity index (χ1v) is 7.25. The Morgan fingerprint density at radius 2 is 1.95 bits per heavy atom. The first kappa shape index (κ1) is 14.9. The maximum absolute atomic E-state index is 13.4. The average molecular weight is 338 g/mol. The standard InChI is InChI=1S/C15H17BrFN3/c1-8(2)13-12(16)15(18-4)20-14(19-13)10-5-6-11(17)9(3)7-10/h5-8H,1-4H3,(H,18,19,20). The second-order valence-corrected chi connectivity index (χ2v) is 5.76. The van der Waals surface area contributed by atoms with Gasteiger partial charge < -0.3 is 5.32 Å². The lowest BCUT2D eigenvalue weighted by molar-refractivity contribution is 0.618. The SMILES string of the molecule is CNc1nc(-c2ccc(F)c(C)c2)nc(C(C)C)c1Br. The maximum Gasteiger partial charge on any atom is 0.161 e. The van der Waals surface area contributed by atoms with Crippen LogP contribution in [0.4, 0.5) is 10.2 Å². The van der Waals surface area contributed by atoms with Crippen molar-refractivity contribution < 1.29 is 4.39 Å². The van der Waals surface area contributed by atoms with Crippen molar-refractivity contribution >= 4 is 21.7 Å². The smallest absolute Gasteiger partial charge is 0.161 e. The van der Waals surface area contributed by atoms with E-state index in [1.807, 2.05) is 7.05 Å². The Labute approximate surface area is 126 Å². The molecule has 0 aliphatic carbocycles. The average Bonchev–Trinajstić information content (AvgIpc) is 2.42. The van der Waals surface area contributed by atoms with Gasteiger partial charge in [0, 0.05) is 12.6 Å². The number of hydrogen-bond acceptors (Lipinski definition) is 3. The molecule has 0 fully saturated rings. The third-order valence-corrected chi connectivity index (χ3v) is 3.86. The molecule has 0 saturated carbocycles. The molecule has 1 N–H and O–H groups in total. The first-order chi connectivity index (χ1) is 9.43. The number of rotatable bonds is 3. The summed E-state index contributed by atoms with van der Waals surface area (Å²) in [6, 6.07) is 4.92. The van der Waals surface area contributed by atoms with Crippen molar-refractivity contribution in [3.05, 3.63) is 39.7 Å². The van der Waals surface area contributed by atoms with E-state index in [0.29, 0.717) is 11.4 Å². The largest absolute Gasteiger partial charge is 0.372 e. The van der Waals surface area contributed by atoms with Gasteiger partial charge in [0.05, 0.1) is 10.2 Å². The van der Waals surface area contributed by atoms with Crippen LogP contribution in [0.2, 0.25) is 0 Å². The summed E-state index contributed by atoms with van der Waals surface area (Å²) in [5.74, 6) is 1.38. The minimum absolute atomic E-state index is 0.219. The Morgan fingerprint density at radius 1 is 1.25 bits per heavy atom. The normalized spacial score (nSPS) is 10.9. The van der Waals surface area contributed by atoms with Crippen LogP contribution < -0.4 is 5.32 Å². The number of hydrogen-bond donors (Lipinski definition) is 1. The highest BCUT2D eigenvalue weighted by Gasteiger charge is 2.15. The van der Waals surface area contributed by atoms with Crippen LogP contribution in [0.5, 0.6) is 0 Å². The van der Waals surface area contributed by atoms with Crippen molar-refractivity contribution in [2.24, 2.45) is 0 Å². The zero-order valence-electron chi connectivity index (χ0n) is 12.0. The van der Waals surface area contributed by atoms with Gasteiger partial charge in [-0.05, 0) is 52.5 Å². The summed E-state index contributed by atoms with van der Waals surface area (Å²) < 4.78 is 14.2. The predicted octanol–water partition coefficient (Wildman–Crippen LogP) is 4.52. The summed E-state index contributed by atoms with van der Waals surface area (Å²) in [7, 11) is 1.82. The highest BCUT2D eigenvalue weighted by molar-refractivity contribution is 9.10. The molecule has 0 radical (unpaired) electrons. The van der Waals surface area contributed by atoms with Gasteiger partial charge in [0.15, 0.2) is 5.82 Å². The van der Waals surface area contributed by atoms with Gasteiger partial charge in [-0.3, -0.25) is 0 Å². The van der Waals surface area contributed by atoms with E-state index in [1.165, 1.54) is 6.07 Å². The Bertz CT molecular complexity index is 641. The van der Waals surface area contributed by atoms with Crippen LogP contribution in [0.1, 0.15) is 31.0 Å². The number of nitrogens with zero attached hydrogens (tertiary/aromatic N) is 2. The number of benzene rings is 1. The second-order valence-electron chi connectivity index (χ2n) is 4.96. The molecule has 3 nitrogen and oxygen atoms in total. The quantitative estimate of drug-likeness (QED) is 0.894. The van der Waals surface area contributed by atoms with E-state index in [9.17, 15) is 4.39 Å². The molecule has 0 atom stereocenters. The van der Waals surface area contributed by atoms with Crippen LogP contribution in [-0.4, -0.2) is 17.0 Å². The van der Waals surface area contributed by atoms with Gasteiger partial charge in [-0.2, -0.15) is 0 Å². The first-order valence-electron chi connectivity index (χ1n) is 6.45. The number of aryl methyl sites for hydroxylation is 1. The van der Waals surface area contributed by atoms with E-state index < -0.39 is 0 Å². The summed E-state index contributed by atoms with van der Waals surface area (Å²) in [5, 5.41) is 3.05. The van der Waals surface area contributed by atoms with Gasteiger partial charge in [-0.15, -0.1) is 0 Å². The highest BCUT2D eigenvalue weighted by Crippen LogP contribution is 2.31. The Kier molecular flexibility index (Phi) is 4.38. The Hall–Kier alpha value is -1.49. The molecule has 0 spiro atoms. The molecule has 2 aromatic rings. The topological polar surface area (TPSA) is 37.8 Å². The van der Waals surface area contributed by atoms with E-state index in [1.54, 1.807) is 19.1 Å². The van der Waals surface area contributed by atoms with Crippen molar-refractivity contribution in [2.75, 3.05) is 12.4 Å². The molecule has 20 heavy (non-hydrogen) atoms. The van der Waals surface area contributed by atoms with Crippen LogP contribution in [0.3, 0.4) is 0 Å². The second kappa shape index (κ2) is 5.87. The third kappa shape index (κ3) is 2.82. The van der Waals surface area contributed by atoms with Gasteiger partial charge in [-0.25, -0.2) is 14.4 Å². The molecular weight excluding hydrogens is 321 g/mol. The number of anilines is 1. The fraction of sp³-hybridized carbons (Fsp3) is 0.333. The molecule has 1 aromatic carbocycles. The minimum atomic E-state index is -0.219. The molecule has 5 heteroatoms. The van der Waals surface area contributed by atoms with Crippen LogP contribution in [0.15, 0.2) is 22.7 Å². The summed E-state index contributed by atoms with van der Waals surface area (Å²) in [5.41, 5.74) is 2.34. The molecule has 0 amide bonds. The van der Waals surface area contributed by atoms with Gasteiger partial charge in [0.25, 0.3) is 0 Å². The van der Waals surface area contributed by atoms with Crippen molar-refractivity contribution in [3.8, 4) is 11.4 Å². The van der Waals surface area contributed by atoms with E-state index in [4.69, 9.17) is 0 Å². The van der Waals surface area contributed by atoms with Gasteiger partial charge >= 0.3 is 0 Å². The predicted molar refractivity (Wildman–Crippen MR) is 83.5 cm³/mol. The Morgan fingerprint density at radius 3 is 2.50 bits per heavy atom. The lowest BCUT2D eigenvalue weighted by Gasteiger charge is -2.13. The van der Waals surface area contributed by atoms with Gasteiger partial charge in [-0.1, -0.05) is 13.8 Å². The van der Waals surface area contributed by atoms with Crippen LogP contribution >= 0.6 is 15.9 Å². The lowest BCUT2D eigenvalue weighted by atomic mass is 10.1. The number of nitrogens with one attached hydrogen (secondary N) is 1. The van der Waals surface area contributed by atoms with Crippen LogP contribution in [-0.2, 0) is 0 Å². The van der Waals surface area contributed by atoms with Crippen LogP contribution in [0.25, 0.3) is 11.4 Å². The highest BCUT2D eigenvalue weighted by atomic mass is 79.9. The van der Waals surface area contributed by atoms with Gasteiger partial charge in [0.2, 0.25) is 0 Å². The summed E-state index contributed by atoms with van der Waals surface area (Å²) >= 11 is 3.53. The molecular formula is C15H17BrFN3. The third-order valence-electron chi connectivity index (χ3n) is 3.08. The Balaban J connectivity index is 2.61. The summed E-state index contributed by atoms with van der Waals surface area (Å²) in [4.78, 5) is 9.08. The van der Waals surface area contributed by atoms with Gasteiger partial charge in [0.1, 0.15) is 11.6 Å². The molecule has 2 rings (SSSR count). The molecule has 1 aromatic heterocycles. The van der Waals surface area contributed by atoms with Crippen molar-refractivity contribution in [3.63, 3.8) is 0 Å². The lowest BCUT2D eigenvalue weighted by Crippen LogP contribution is -2.04. The van der Waals surface area contributed by atoms with E-state index in [2.05, 4.69) is 45.1 Å². The maximum atomic E-state index is 13.4. The van der Waals surface area contributed by atoms with Crippen molar-refractivity contribution in [2.45, 2.75) is 26.7 Å². The zero-order chi connectivity index (χ0) is 14.9. The summed E-state index contributed by atoms with van der Waals surface area (Å²) in [6.07, 6.45) is 0. The molecule has 0 unspecified atom stereocenters. The van der Waals surface area contributed by atoms with E-state index in [0.717, 1.165) is 21.5 Å². The number of aromatic nitrogens is 2. The number of halogens is 2. The van der Waals surface area contributed by atoms with Crippen molar-refractivity contribution in [1.29, 1.82) is 0 Å². The minimum Gasteiger partial charge on any atom is -0.372 e. The van der Waals surface area contributed by atoms with E-state index in [-0.39, 0.29) is 11.7 Å². The van der Waals surface area contributed by atoms with Crippen LogP contribution in [0, 0.1) is 12.7 Å². The summed E-state index contributed by atoms with van der Waals surface area (Å²) in [6.45, 7) is 5.89.